The van der Waals surface area contributed by atoms with Gasteiger partial charge in [0, 0.05) is 6.20 Å². The van der Waals surface area contributed by atoms with Gasteiger partial charge < -0.3 is 0 Å². The molecule has 15 heavy (non-hydrogen) atoms. The number of halogens is 1. The Morgan fingerprint density at radius 2 is 2.07 bits per heavy atom. The number of aromatic nitrogens is 1. The van der Waals surface area contributed by atoms with Crippen LogP contribution in [0.1, 0.15) is 57.4 Å². The van der Waals surface area contributed by atoms with Gasteiger partial charge in [0.15, 0.2) is 0 Å². The molecule has 1 atom stereocenters. The Hall–Kier alpha value is -0.560. The third-order valence-electron chi connectivity index (χ3n) is 2.77. The second-order valence-corrected chi connectivity index (χ2v) is 4.43. The van der Waals surface area contributed by atoms with E-state index in [1.165, 1.54) is 37.7 Å². The maximum absolute atomic E-state index is 5.91. The molecule has 0 fully saturated rings. The van der Waals surface area contributed by atoms with Gasteiger partial charge in [-0.15, -0.1) is 0 Å². The van der Waals surface area contributed by atoms with E-state index in [1.54, 1.807) is 0 Å². The lowest BCUT2D eigenvalue weighted by atomic mass is 9.90. The molecule has 0 radical (unpaired) electrons. The van der Waals surface area contributed by atoms with E-state index in [2.05, 4.69) is 24.9 Å². The molecule has 0 saturated heterocycles. The molecule has 1 unspecified atom stereocenters. The fraction of sp³-hybridized carbons (Fsp3) is 0.615. The fourth-order valence-electron chi connectivity index (χ4n) is 1.95. The summed E-state index contributed by atoms with van der Waals surface area (Å²) >= 11 is 5.91. The predicted molar refractivity (Wildman–Crippen MR) is 66.4 cm³/mol. The molecule has 1 rings (SSSR count). The Labute approximate surface area is 97.9 Å². The van der Waals surface area contributed by atoms with Gasteiger partial charge in [0.1, 0.15) is 5.15 Å². The van der Waals surface area contributed by atoms with Gasteiger partial charge in [-0.3, -0.25) is 0 Å². The highest BCUT2D eigenvalue weighted by Gasteiger charge is 2.10. The van der Waals surface area contributed by atoms with Gasteiger partial charge in [-0.1, -0.05) is 44.7 Å². The molecule has 0 spiro atoms. The zero-order valence-corrected chi connectivity index (χ0v) is 10.4. The van der Waals surface area contributed by atoms with Crippen LogP contribution >= 0.6 is 11.6 Å². The van der Waals surface area contributed by atoms with Gasteiger partial charge >= 0.3 is 0 Å². The minimum atomic E-state index is 0.616. The molecule has 0 N–H and O–H groups in total. The molecular formula is C13H20ClN. The lowest BCUT2D eigenvalue weighted by molar-refractivity contribution is 0.541. The molecule has 0 aliphatic carbocycles. The van der Waals surface area contributed by atoms with Crippen LogP contribution in [-0.4, -0.2) is 4.98 Å². The van der Waals surface area contributed by atoms with Crippen molar-refractivity contribution in [1.82, 2.24) is 4.98 Å². The van der Waals surface area contributed by atoms with Crippen LogP contribution in [0.15, 0.2) is 18.3 Å². The SMILES string of the molecule is CCCCC(CCC)c1ccnc(Cl)c1. The summed E-state index contributed by atoms with van der Waals surface area (Å²) in [5, 5.41) is 0.616. The standard InChI is InChI=1S/C13H20ClN/c1-3-5-7-11(6-4-2)12-8-9-15-13(14)10-12/h8-11H,3-7H2,1-2H3. The number of nitrogens with zero attached hydrogens (tertiary/aromatic N) is 1. The monoisotopic (exact) mass is 225 g/mol. The Morgan fingerprint density at radius 3 is 2.67 bits per heavy atom. The van der Waals surface area contributed by atoms with Gasteiger partial charge in [-0.05, 0) is 36.5 Å². The van der Waals surface area contributed by atoms with Gasteiger partial charge in [0.05, 0.1) is 0 Å². The number of unbranched alkanes of at least 4 members (excludes halogenated alkanes) is 1. The van der Waals surface area contributed by atoms with Crippen molar-refractivity contribution in [3.05, 3.63) is 29.0 Å². The Balaban J connectivity index is 2.69. The van der Waals surface area contributed by atoms with Crippen molar-refractivity contribution in [2.24, 2.45) is 0 Å². The molecule has 0 aliphatic rings. The topological polar surface area (TPSA) is 12.9 Å². The third-order valence-corrected chi connectivity index (χ3v) is 2.97. The molecule has 1 nitrogen and oxygen atoms in total. The first-order valence-corrected chi connectivity index (χ1v) is 6.27. The zero-order chi connectivity index (χ0) is 11.1. The maximum atomic E-state index is 5.91. The summed E-state index contributed by atoms with van der Waals surface area (Å²) in [5.74, 6) is 0.662. The summed E-state index contributed by atoms with van der Waals surface area (Å²) in [4.78, 5) is 4.03. The molecule has 1 aromatic heterocycles. The van der Waals surface area contributed by atoms with Gasteiger partial charge in [-0.2, -0.15) is 0 Å². The van der Waals surface area contributed by atoms with Crippen molar-refractivity contribution >= 4 is 11.6 Å². The predicted octanol–water partition coefficient (Wildman–Crippen LogP) is 4.81. The van der Waals surface area contributed by atoms with E-state index in [-0.39, 0.29) is 0 Å². The van der Waals surface area contributed by atoms with Crippen LogP contribution in [0.5, 0.6) is 0 Å². The molecule has 1 aromatic rings. The smallest absolute Gasteiger partial charge is 0.129 e. The second-order valence-electron chi connectivity index (χ2n) is 4.04. The van der Waals surface area contributed by atoms with E-state index in [0.717, 1.165) is 0 Å². The second kappa shape index (κ2) is 6.84. The average molecular weight is 226 g/mol. The van der Waals surface area contributed by atoms with Crippen LogP contribution in [0, 0.1) is 0 Å². The minimum Gasteiger partial charge on any atom is -0.245 e. The van der Waals surface area contributed by atoms with Crippen LogP contribution in [0.4, 0.5) is 0 Å². The van der Waals surface area contributed by atoms with Crippen LogP contribution in [0.3, 0.4) is 0 Å². The lowest BCUT2D eigenvalue weighted by Gasteiger charge is -2.16. The van der Waals surface area contributed by atoms with Crippen LogP contribution in [0.2, 0.25) is 5.15 Å². The lowest BCUT2D eigenvalue weighted by Crippen LogP contribution is -1.99. The highest BCUT2D eigenvalue weighted by atomic mass is 35.5. The zero-order valence-electron chi connectivity index (χ0n) is 9.67. The highest BCUT2D eigenvalue weighted by Crippen LogP contribution is 2.27. The van der Waals surface area contributed by atoms with Crippen LogP contribution in [-0.2, 0) is 0 Å². The summed E-state index contributed by atoms with van der Waals surface area (Å²) < 4.78 is 0. The van der Waals surface area contributed by atoms with Crippen molar-refractivity contribution in [1.29, 1.82) is 0 Å². The number of hydrogen-bond acceptors (Lipinski definition) is 1. The summed E-state index contributed by atoms with van der Waals surface area (Å²) in [5.41, 5.74) is 1.35. The van der Waals surface area contributed by atoms with Crippen LogP contribution < -0.4 is 0 Å². The first-order valence-electron chi connectivity index (χ1n) is 5.89. The highest BCUT2D eigenvalue weighted by molar-refractivity contribution is 6.29. The number of hydrogen-bond donors (Lipinski definition) is 0. The summed E-state index contributed by atoms with van der Waals surface area (Å²) in [6.45, 7) is 4.48. The fourth-order valence-corrected chi connectivity index (χ4v) is 2.13. The van der Waals surface area contributed by atoms with Crippen molar-refractivity contribution < 1.29 is 0 Å². The summed E-state index contributed by atoms with van der Waals surface area (Å²) in [6.07, 6.45) is 8.12. The summed E-state index contributed by atoms with van der Waals surface area (Å²) in [6, 6.07) is 4.11. The van der Waals surface area contributed by atoms with E-state index in [1.807, 2.05) is 12.3 Å². The van der Waals surface area contributed by atoms with Crippen molar-refractivity contribution in [3.8, 4) is 0 Å². The Bertz CT molecular complexity index is 286. The largest absolute Gasteiger partial charge is 0.245 e. The molecular weight excluding hydrogens is 206 g/mol. The van der Waals surface area contributed by atoms with E-state index in [0.29, 0.717) is 11.1 Å². The van der Waals surface area contributed by atoms with Crippen molar-refractivity contribution in [3.63, 3.8) is 0 Å². The van der Waals surface area contributed by atoms with Gasteiger partial charge in [0.2, 0.25) is 0 Å². The van der Waals surface area contributed by atoms with Crippen LogP contribution in [0.25, 0.3) is 0 Å². The number of pyridine rings is 1. The van der Waals surface area contributed by atoms with Gasteiger partial charge in [-0.25, -0.2) is 4.98 Å². The summed E-state index contributed by atoms with van der Waals surface area (Å²) in [7, 11) is 0. The van der Waals surface area contributed by atoms with Crippen molar-refractivity contribution in [2.45, 2.75) is 51.9 Å². The minimum absolute atomic E-state index is 0.616. The first-order chi connectivity index (χ1) is 7.27. The van der Waals surface area contributed by atoms with E-state index in [4.69, 9.17) is 11.6 Å². The normalized spacial score (nSPS) is 12.7. The van der Waals surface area contributed by atoms with E-state index >= 15 is 0 Å². The van der Waals surface area contributed by atoms with Gasteiger partial charge in [0.25, 0.3) is 0 Å². The molecule has 0 aliphatic heterocycles. The van der Waals surface area contributed by atoms with Crippen molar-refractivity contribution in [2.75, 3.05) is 0 Å². The number of rotatable bonds is 6. The molecule has 0 saturated carbocycles. The molecule has 0 bridgehead atoms. The molecule has 2 heteroatoms. The average Bonchev–Trinajstić information content (AvgIpc) is 2.24. The van der Waals surface area contributed by atoms with E-state index in [9.17, 15) is 0 Å². The molecule has 0 aromatic carbocycles. The third kappa shape index (κ3) is 4.21. The quantitative estimate of drug-likeness (QED) is 0.634. The molecule has 0 amide bonds. The maximum Gasteiger partial charge on any atom is 0.129 e. The Morgan fingerprint density at radius 1 is 1.27 bits per heavy atom. The molecule has 1 heterocycles. The van der Waals surface area contributed by atoms with E-state index < -0.39 is 0 Å². The Kier molecular flexibility index (Phi) is 5.70. The molecule has 84 valence electrons. The first kappa shape index (κ1) is 12.5.